The number of rotatable bonds is 1. The van der Waals surface area contributed by atoms with Crippen molar-refractivity contribution in [1.82, 2.24) is 14.5 Å². The van der Waals surface area contributed by atoms with Crippen molar-refractivity contribution in [3.63, 3.8) is 0 Å². The van der Waals surface area contributed by atoms with Crippen molar-refractivity contribution >= 4 is 24.1 Å². The molecule has 0 aliphatic carbocycles. The second-order valence-electron chi connectivity index (χ2n) is 2.67. The van der Waals surface area contributed by atoms with Crippen molar-refractivity contribution in [2.24, 2.45) is 14.1 Å². The molecule has 72 valence electrons. The van der Waals surface area contributed by atoms with Crippen molar-refractivity contribution < 1.29 is 4.79 Å². The van der Waals surface area contributed by atoms with Crippen LogP contribution in [-0.4, -0.2) is 22.2 Å². The van der Waals surface area contributed by atoms with Crippen LogP contribution in [0, 0.1) is 4.77 Å². The van der Waals surface area contributed by atoms with Crippen LogP contribution in [-0.2, 0) is 14.1 Å². The Bertz CT molecular complexity index is 378. The molecule has 1 aromatic rings. The Morgan fingerprint density at radius 3 is 2.54 bits per heavy atom. The molecule has 1 rings (SSSR count). The van der Waals surface area contributed by atoms with Gasteiger partial charge in [-0.3, -0.25) is 5.32 Å². The second kappa shape index (κ2) is 3.61. The maximum Gasteiger partial charge on any atom is 0.320 e. The number of amides is 2. The summed E-state index contributed by atoms with van der Waals surface area (Å²) in [7, 11) is 5.19. The number of nitrogens with zero attached hydrogens (tertiary/aromatic N) is 2. The van der Waals surface area contributed by atoms with Gasteiger partial charge >= 0.3 is 6.03 Å². The third kappa shape index (κ3) is 1.89. The Hall–Kier alpha value is -1.30. The number of hydrogen-bond acceptors (Lipinski definition) is 2. The van der Waals surface area contributed by atoms with Crippen LogP contribution in [0.15, 0.2) is 6.20 Å². The van der Waals surface area contributed by atoms with E-state index < -0.39 is 0 Å². The first-order valence-corrected chi connectivity index (χ1v) is 4.18. The molecule has 0 saturated carbocycles. The molecule has 0 atom stereocenters. The van der Waals surface area contributed by atoms with Gasteiger partial charge in [0.25, 0.3) is 0 Å². The first-order chi connectivity index (χ1) is 6.06. The minimum Gasteiger partial charge on any atom is -0.341 e. The molecule has 6 heteroatoms. The molecule has 0 aromatic carbocycles. The minimum absolute atomic E-state index is 0.254. The fourth-order valence-electron chi connectivity index (χ4n) is 0.960. The molecule has 0 bridgehead atoms. The third-order valence-electron chi connectivity index (χ3n) is 1.73. The molecule has 0 spiro atoms. The number of carbonyl (C=O) groups is 1. The van der Waals surface area contributed by atoms with Crippen molar-refractivity contribution in [3.8, 4) is 0 Å². The Morgan fingerprint density at radius 2 is 2.15 bits per heavy atom. The molecular formula is C7H12N4OS. The summed E-state index contributed by atoms with van der Waals surface area (Å²) in [6.45, 7) is 0. The minimum atomic E-state index is -0.254. The van der Waals surface area contributed by atoms with Crippen LogP contribution < -0.4 is 10.6 Å². The standard InChI is InChI=1S/C7H12N4OS/c1-8-6(12)9-5-4-10(2)7(13)11(5)3/h4H,1-3H3,(H2,8,9,12). The topological polar surface area (TPSA) is 51.0 Å². The zero-order valence-electron chi connectivity index (χ0n) is 7.79. The molecule has 0 unspecified atom stereocenters. The summed E-state index contributed by atoms with van der Waals surface area (Å²) in [6.07, 6.45) is 1.76. The first kappa shape index (κ1) is 9.79. The summed E-state index contributed by atoms with van der Waals surface area (Å²) in [5, 5.41) is 5.11. The van der Waals surface area contributed by atoms with Gasteiger partial charge in [0.1, 0.15) is 5.82 Å². The largest absolute Gasteiger partial charge is 0.341 e. The van der Waals surface area contributed by atoms with Crippen molar-refractivity contribution in [3.05, 3.63) is 11.0 Å². The average molecular weight is 200 g/mol. The summed E-state index contributed by atoms with van der Waals surface area (Å²) in [5.74, 6) is 0.673. The highest BCUT2D eigenvalue weighted by Crippen LogP contribution is 2.07. The molecule has 1 heterocycles. The molecule has 0 saturated heterocycles. The maximum atomic E-state index is 11.0. The van der Waals surface area contributed by atoms with Gasteiger partial charge in [0.2, 0.25) is 0 Å². The van der Waals surface area contributed by atoms with Crippen molar-refractivity contribution in [2.45, 2.75) is 0 Å². The highest BCUT2D eigenvalue weighted by molar-refractivity contribution is 7.71. The fraction of sp³-hybridized carbons (Fsp3) is 0.429. The summed E-state index contributed by atoms with van der Waals surface area (Å²) < 4.78 is 4.15. The van der Waals surface area contributed by atoms with Crippen LogP contribution in [0.25, 0.3) is 0 Å². The van der Waals surface area contributed by atoms with Crippen LogP contribution in [0.4, 0.5) is 10.6 Å². The van der Waals surface area contributed by atoms with E-state index in [-0.39, 0.29) is 6.03 Å². The van der Waals surface area contributed by atoms with Crippen LogP contribution in [0.5, 0.6) is 0 Å². The van der Waals surface area contributed by atoms with E-state index in [1.54, 1.807) is 29.4 Å². The van der Waals surface area contributed by atoms with Crippen LogP contribution in [0.3, 0.4) is 0 Å². The van der Waals surface area contributed by atoms with Gasteiger partial charge in [-0.15, -0.1) is 0 Å². The number of anilines is 1. The second-order valence-corrected chi connectivity index (χ2v) is 3.04. The highest BCUT2D eigenvalue weighted by atomic mass is 32.1. The van der Waals surface area contributed by atoms with Gasteiger partial charge in [0.15, 0.2) is 4.77 Å². The molecule has 0 radical (unpaired) electrons. The number of aromatic nitrogens is 2. The van der Waals surface area contributed by atoms with E-state index in [1.807, 2.05) is 7.05 Å². The van der Waals surface area contributed by atoms with E-state index in [9.17, 15) is 4.79 Å². The predicted molar refractivity (Wildman–Crippen MR) is 53.3 cm³/mol. The number of aryl methyl sites for hydroxylation is 1. The first-order valence-electron chi connectivity index (χ1n) is 3.77. The third-order valence-corrected chi connectivity index (χ3v) is 2.30. The Balaban J connectivity index is 2.96. The number of imidazole rings is 1. The van der Waals surface area contributed by atoms with E-state index in [2.05, 4.69) is 10.6 Å². The van der Waals surface area contributed by atoms with Gasteiger partial charge in [-0.2, -0.15) is 0 Å². The van der Waals surface area contributed by atoms with Gasteiger partial charge in [-0.25, -0.2) is 4.79 Å². The monoisotopic (exact) mass is 200 g/mol. The quantitative estimate of drug-likeness (QED) is 0.660. The molecule has 2 N–H and O–H groups in total. The zero-order valence-corrected chi connectivity index (χ0v) is 8.60. The molecular weight excluding hydrogens is 188 g/mol. The molecule has 0 aliphatic heterocycles. The predicted octanol–water partition coefficient (Wildman–Crippen LogP) is 0.844. The molecule has 1 aromatic heterocycles. The zero-order chi connectivity index (χ0) is 10.0. The lowest BCUT2D eigenvalue weighted by Crippen LogP contribution is -2.25. The number of hydrogen-bond donors (Lipinski definition) is 2. The van der Waals surface area contributed by atoms with E-state index in [4.69, 9.17) is 12.2 Å². The van der Waals surface area contributed by atoms with Gasteiger partial charge in [0.05, 0.1) is 0 Å². The normalized spacial score (nSPS) is 9.77. The Morgan fingerprint density at radius 1 is 1.54 bits per heavy atom. The fourth-order valence-corrected chi connectivity index (χ4v) is 1.11. The Labute approximate surface area is 81.4 Å². The van der Waals surface area contributed by atoms with Crippen LogP contribution in [0.2, 0.25) is 0 Å². The van der Waals surface area contributed by atoms with E-state index in [0.717, 1.165) is 0 Å². The van der Waals surface area contributed by atoms with E-state index >= 15 is 0 Å². The summed E-state index contributed by atoms with van der Waals surface area (Å²) in [5.41, 5.74) is 0. The smallest absolute Gasteiger partial charge is 0.320 e. The van der Waals surface area contributed by atoms with E-state index in [0.29, 0.717) is 10.6 Å². The lowest BCUT2D eigenvalue weighted by atomic mass is 10.7. The van der Waals surface area contributed by atoms with Crippen molar-refractivity contribution in [2.75, 3.05) is 12.4 Å². The average Bonchev–Trinajstić information content (AvgIpc) is 2.34. The molecule has 2 amide bonds. The summed E-state index contributed by atoms with van der Waals surface area (Å²) in [6, 6.07) is -0.254. The summed E-state index contributed by atoms with van der Waals surface area (Å²) in [4.78, 5) is 11.0. The lowest BCUT2D eigenvalue weighted by molar-refractivity contribution is 0.254. The number of nitrogens with one attached hydrogen (secondary N) is 2. The van der Waals surface area contributed by atoms with Gasteiger partial charge < -0.3 is 14.5 Å². The Kier molecular flexibility index (Phi) is 2.72. The van der Waals surface area contributed by atoms with Crippen LogP contribution >= 0.6 is 12.2 Å². The molecule has 0 aliphatic rings. The maximum absolute atomic E-state index is 11.0. The number of urea groups is 1. The van der Waals surface area contributed by atoms with Gasteiger partial charge in [0, 0.05) is 27.3 Å². The molecule has 0 fully saturated rings. The lowest BCUT2D eigenvalue weighted by Gasteiger charge is -2.03. The molecule has 5 nitrogen and oxygen atoms in total. The van der Waals surface area contributed by atoms with Gasteiger partial charge in [-0.05, 0) is 12.2 Å². The van der Waals surface area contributed by atoms with Gasteiger partial charge in [-0.1, -0.05) is 0 Å². The summed E-state index contributed by atoms with van der Waals surface area (Å²) >= 11 is 5.06. The van der Waals surface area contributed by atoms with Crippen LogP contribution in [0.1, 0.15) is 0 Å². The van der Waals surface area contributed by atoms with E-state index in [1.165, 1.54) is 0 Å². The van der Waals surface area contributed by atoms with Crippen molar-refractivity contribution in [1.29, 1.82) is 0 Å². The highest BCUT2D eigenvalue weighted by Gasteiger charge is 2.04. The molecule has 13 heavy (non-hydrogen) atoms. The number of carbonyl (C=O) groups excluding carboxylic acids is 1. The SMILES string of the molecule is CNC(=O)Nc1cn(C)c(=S)n1C.